The van der Waals surface area contributed by atoms with Crippen molar-refractivity contribution in [3.05, 3.63) is 12.2 Å². The van der Waals surface area contributed by atoms with Gasteiger partial charge in [-0.3, -0.25) is 9.59 Å². The minimum Gasteiger partial charge on any atom is -0.481 e. The van der Waals surface area contributed by atoms with Crippen LogP contribution in [0.5, 0.6) is 0 Å². The first-order valence-corrected chi connectivity index (χ1v) is 11.2. The molecule has 1 atom stereocenters. The highest BCUT2D eigenvalue weighted by Gasteiger charge is 2.24. The first-order valence-electron chi connectivity index (χ1n) is 11.2. The van der Waals surface area contributed by atoms with E-state index in [-0.39, 0.29) is 18.2 Å². The quantitative estimate of drug-likeness (QED) is 0.227. The number of carboxylic acids is 1. The van der Waals surface area contributed by atoms with Crippen LogP contribution in [0.3, 0.4) is 0 Å². The van der Waals surface area contributed by atoms with Crippen LogP contribution >= 0.6 is 0 Å². The van der Waals surface area contributed by atoms with Crippen LogP contribution in [0, 0.1) is 5.92 Å². The SMILES string of the molecule is CCCCCCCC/C=C/CCCCCC(CC(=O)O)C(=O)N(CC)CC. The van der Waals surface area contributed by atoms with E-state index in [1.807, 2.05) is 13.8 Å². The molecule has 0 aliphatic heterocycles. The molecule has 0 saturated carbocycles. The Morgan fingerprint density at radius 2 is 1.33 bits per heavy atom. The summed E-state index contributed by atoms with van der Waals surface area (Å²) in [7, 11) is 0. The van der Waals surface area contributed by atoms with Gasteiger partial charge in [-0.2, -0.15) is 0 Å². The Kier molecular flexibility index (Phi) is 17.2. The van der Waals surface area contributed by atoms with E-state index in [0.29, 0.717) is 19.5 Å². The number of aliphatic carboxylic acids is 1. The van der Waals surface area contributed by atoms with E-state index in [2.05, 4.69) is 19.1 Å². The van der Waals surface area contributed by atoms with Crippen molar-refractivity contribution in [2.75, 3.05) is 13.1 Å². The minimum absolute atomic E-state index is 0.00114. The molecule has 1 N–H and O–H groups in total. The second-order valence-corrected chi connectivity index (χ2v) is 7.47. The van der Waals surface area contributed by atoms with Gasteiger partial charge in [-0.1, -0.05) is 64.0 Å². The Labute approximate surface area is 167 Å². The summed E-state index contributed by atoms with van der Waals surface area (Å²) in [6, 6.07) is 0. The predicted molar refractivity (Wildman–Crippen MR) is 114 cm³/mol. The zero-order valence-corrected chi connectivity index (χ0v) is 18.0. The van der Waals surface area contributed by atoms with Gasteiger partial charge in [0.25, 0.3) is 0 Å². The lowest BCUT2D eigenvalue weighted by atomic mass is 9.95. The van der Waals surface area contributed by atoms with Crippen molar-refractivity contribution in [2.45, 2.75) is 104 Å². The van der Waals surface area contributed by atoms with Crippen LogP contribution in [0.2, 0.25) is 0 Å². The molecule has 0 fully saturated rings. The highest BCUT2D eigenvalue weighted by molar-refractivity contribution is 5.83. The summed E-state index contributed by atoms with van der Waals surface area (Å²) in [4.78, 5) is 25.3. The number of rotatable bonds is 18. The molecule has 0 aromatic rings. The number of unbranched alkanes of at least 4 members (excludes halogenated alkanes) is 9. The van der Waals surface area contributed by atoms with Crippen molar-refractivity contribution in [1.29, 1.82) is 0 Å². The first kappa shape index (κ1) is 25.7. The molecule has 0 aliphatic rings. The molecular weight excluding hydrogens is 338 g/mol. The summed E-state index contributed by atoms with van der Waals surface area (Å²) in [5.41, 5.74) is 0. The van der Waals surface area contributed by atoms with Gasteiger partial charge >= 0.3 is 5.97 Å². The van der Waals surface area contributed by atoms with Gasteiger partial charge < -0.3 is 10.0 Å². The summed E-state index contributed by atoms with van der Waals surface area (Å²) in [6.45, 7) is 7.43. The summed E-state index contributed by atoms with van der Waals surface area (Å²) in [6.07, 6.45) is 18.6. The number of hydrogen-bond acceptors (Lipinski definition) is 2. The fourth-order valence-corrected chi connectivity index (χ4v) is 3.43. The molecule has 0 aliphatic carbocycles. The lowest BCUT2D eigenvalue weighted by molar-refractivity contribution is -0.144. The maximum Gasteiger partial charge on any atom is 0.304 e. The maximum absolute atomic E-state index is 12.4. The number of carboxylic acid groups (broad SMARTS) is 1. The third-order valence-corrected chi connectivity index (χ3v) is 5.16. The van der Waals surface area contributed by atoms with Crippen molar-refractivity contribution in [1.82, 2.24) is 4.90 Å². The van der Waals surface area contributed by atoms with Gasteiger partial charge in [-0.25, -0.2) is 0 Å². The van der Waals surface area contributed by atoms with Crippen molar-refractivity contribution < 1.29 is 14.7 Å². The summed E-state index contributed by atoms with van der Waals surface area (Å²) in [5, 5.41) is 9.08. The maximum atomic E-state index is 12.4. The average molecular weight is 382 g/mol. The molecule has 1 unspecified atom stereocenters. The number of allylic oxidation sites excluding steroid dienone is 2. The Hall–Kier alpha value is -1.32. The second-order valence-electron chi connectivity index (χ2n) is 7.47. The topological polar surface area (TPSA) is 57.6 Å². The molecule has 0 aromatic heterocycles. The molecule has 0 heterocycles. The van der Waals surface area contributed by atoms with Crippen molar-refractivity contribution >= 4 is 11.9 Å². The molecule has 27 heavy (non-hydrogen) atoms. The zero-order valence-electron chi connectivity index (χ0n) is 18.0. The van der Waals surface area contributed by atoms with E-state index >= 15 is 0 Å². The van der Waals surface area contributed by atoms with E-state index in [1.165, 1.54) is 44.9 Å². The second kappa shape index (κ2) is 18.1. The standard InChI is InChI=1S/C23H43NO3/c1-4-7-8-9-10-11-12-13-14-15-16-17-18-19-21(20-22(25)26)23(27)24(5-2)6-3/h13-14,21H,4-12,15-20H2,1-3H3,(H,25,26)/b14-13+. The molecule has 0 spiro atoms. The van der Waals surface area contributed by atoms with E-state index in [1.54, 1.807) is 4.90 Å². The number of carbonyl (C=O) groups excluding carboxylic acids is 1. The van der Waals surface area contributed by atoms with Gasteiger partial charge in [0, 0.05) is 19.0 Å². The normalized spacial score (nSPS) is 12.4. The van der Waals surface area contributed by atoms with E-state index in [0.717, 1.165) is 25.7 Å². The van der Waals surface area contributed by atoms with Crippen molar-refractivity contribution in [2.24, 2.45) is 5.92 Å². The van der Waals surface area contributed by atoms with Crippen LogP contribution in [-0.4, -0.2) is 35.0 Å². The van der Waals surface area contributed by atoms with Crippen LogP contribution < -0.4 is 0 Å². The average Bonchev–Trinajstić information content (AvgIpc) is 2.65. The minimum atomic E-state index is -0.877. The Bertz CT molecular complexity index is 402. The Morgan fingerprint density at radius 3 is 1.85 bits per heavy atom. The van der Waals surface area contributed by atoms with Crippen LogP contribution in [0.4, 0.5) is 0 Å². The highest BCUT2D eigenvalue weighted by Crippen LogP contribution is 2.18. The number of carbonyl (C=O) groups is 2. The van der Waals surface area contributed by atoms with Gasteiger partial charge in [0.2, 0.25) is 5.91 Å². The van der Waals surface area contributed by atoms with Crippen LogP contribution in [0.15, 0.2) is 12.2 Å². The van der Waals surface area contributed by atoms with Gasteiger partial charge in [-0.05, 0) is 46.0 Å². The fraction of sp³-hybridized carbons (Fsp3) is 0.826. The monoisotopic (exact) mass is 381 g/mol. The summed E-state index contributed by atoms with van der Waals surface area (Å²) in [5.74, 6) is -1.25. The van der Waals surface area contributed by atoms with Gasteiger partial charge in [0.05, 0.1) is 6.42 Å². The summed E-state index contributed by atoms with van der Waals surface area (Å²) >= 11 is 0. The Balaban J connectivity index is 3.86. The van der Waals surface area contributed by atoms with Crippen LogP contribution in [0.25, 0.3) is 0 Å². The fourth-order valence-electron chi connectivity index (χ4n) is 3.43. The van der Waals surface area contributed by atoms with Crippen LogP contribution in [-0.2, 0) is 9.59 Å². The third-order valence-electron chi connectivity index (χ3n) is 5.16. The third kappa shape index (κ3) is 14.4. The number of hydrogen-bond donors (Lipinski definition) is 1. The highest BCUT2D eigenvalue weighted by atomic mass is 16.4. The van der Waals surface area contributed by atoms with Crippen LogP contribution in [0.1, 0.15) is 104 Å². The molecule has 1 amide bonds. The predicted octanol–water partition coefficient (Wildman–Crippen LogP) is 6.20. The number of amides is 1. The lowest BCUT2D eigenvalue weighted by Gasteiger charge is -2.24. The zero-order chi connectivity index (χ0) is 20.3. The molecule has 0 bridgehead atoms. The van der Waals surface area contributed by atoms with Crippen molar-refractivity contribution in [3.63, 3.8) is 0 Å². The van der Waals surface area contributed by atoms with E-state index in [4.69, 9.17) is 5.11 Å². The number of nitrogens with zero attached hydrogens (tertiary/aromatic N) is 1. The molecule has 4 heteroatoms. The van der Waals surface area contributed by atoms with E-state index in [9.17, 15) is 9.59 Å². The molecule has 0 aromatic carbocycles. The molecule has 0 rings (SSSR count). The molecule has 158 valence electrons. The molecule has 4 nitrogen and oxygen atoms in total. The Morgan fingerprint density at radius 1 is 0.815 bits per heavy atom. The molecule has 0 radical (unpaired) electrons. The summed E-state index contributed by atoms with van der Waals surface area (Å²) < 4.78 is 0. The molecular formula is C23H43NO3. The van der Waals surface area contributed by atoms with E-state index < -0.39 is 5.97 Å². The van der Waals surface area contributed by atoms with Gasteiger partial charge in [0.1, 0.15) is 0 Å². The van der Waals surface area contributed by atoms with Gasteiger partial charge in [0.15, 0.2) is 0 Å². The first-order chi connectivity index (χ1) is 13.1. The largest absolute Gasteiger partial charge is 0.481 e. The lowest BCUT2D eigenvalue weighted by Crippen LogP contribution is -2.36. The smallest absolute Gasteiger partial charge is 0.304 e. The van der Waals surface area contributed by atoms with Crippen molar-refractivity contribution in [3.8, 4) is 0 Å². The van der Waals surface area contributed by atoms with Gasteiger partial charge in [-0.15, -0.1) is 0 Å². The molecule has 0 saturated heterocycles.